The van der Waals surface area contributed by atoms with E-state index in [0.29, 0.717) is 6.07 Å². The van der Waals surface area contributed by atoms with Crippen molar-refractivity contribution in [3.8, 4) is 11.5 Å². The van der Waals surface area contributed by atoms with Gasteiger partial charge in [-0.25, -0.2) is 17.6 Å². The van der Waals surface area contributed by atoms with E-state index < -0.39 is 28.3 Å². The highest BCUT2D eigenvalue weighted by atomic mass is 35.5. The second-order valence-corrected chi connectivity index (χ2v) is 5.44. The van der Waals surface area contributed by atoms with Crippen LogP contribution in [0.15, 0.2) is 30.3 Å². The Morgan fingerprint density at radius 3 is 1.70 bits per heavy atom. The van der Waals surface area contributed by atoms with E-state index in [9.17, 15) is 22.4 Å². The van der Waals surface area contributed by atoms with E-state index in [-0.39, 0.29) is 23.3 Å². The van der Waals surface area contributed by atoms with Gasteiger partial charge in [-0.3, -0.25) is 4.79 Å². The predicted octanol–water partition coefficient (Wildman–Crippen LogP) is 5.15. The first-order valence-corrected chi connectivity index (χ1v) is 7.85. The van der Waals surface area contributed by atoms with E-state index in [1.165, 1.54) is 21.3 Å². The van der Waals surface area contributed by atoms with Crippen molar-refractivity contribution in [3.05, 3.63) is 59.2 Å². The lowest BCUT2D eigenvalue weighted by molar-refractivity contribution is 0.111. The number of carbonyl (C=O) groups excluding carboxylic acids is 1. The van der Waals surface area contributed by atoms with Crippen LogP contribution in [0.25, 0.3) is 0 Å². The Labute approximate surface area is 163 Å². The Kier molecular flexibility index (Phi) is 12.2. The Morgan fingerprint density at radius 2 is 1.33 bits per heavy atom. The summed E-state index contributed by atoms with van der Waals surface area (Å²) < 4.78 is 63.3. The number of carbonyl (C=O) groups is 1. The molecule has 0 heterocycles. The summed E-state index contributed by atoms with van der Waals surface area (Å²) in [5.74, 6) is -2.84. The standard InChI is InChI=1S/C8H6F2O2.C7H6F2O.C2H4Cl2O/c1-12-8-3-5(9)2-7(10)6(8)4-11;1-10-7-3-5(8)2-6(9)4-7;1-5-2(3)4/h2-4H,1H3;2-4H,1H3;2H,1H3. The molecular formula is C17H16Cl2F4O4. The third kappa shape index (κ3) is 10.0. The van der Waals surface area contributed by atoms with Gasteiger partial charge < -0.3 is 14.2 Å². The fraction of sp³-hybridized carbons (Fsp3) is 0.235. The number of alkyl halides is 2. The number of benzene rings is 2. The Bertz CT molecular complexity index is 710. The van der Waals surface area contributed by atoms with Crippen molar-refractivity contribution < 1.29 is 36.6 Å². The van der Waals surface area contributed by atoms with Gasteiger partial charge in [-0.15, -0.1) is 0 Å². The maximum absolute atomic E-state index is 12.7. The van der Waals surface area contributed by atoms with Gasteiger partial charge in [0.25, 0.3) is 0 Å². The van der Waals surface area contributed by atoms with Gasteiger partial charge in [-0.05, 0) is 0 Å². The van der Waals surface area contributed by atoms with Crippen LogP contribution in [0.3, 0.4) is 0 Å². The minimum atomic E-state index is -0.915. The van der Waals surface area contributed by atoms with Gasteiger partial charge >= 0.3 is 0 Å². The summed E-state index contributed by atoms with van der Waals surface area (Å²) in [5.41, 5.74) is -0.265. The molecule has 27 heavy (non-hydrogen) atoms. The van der Waals surface area contributed by atoms with Gasteiger partial charge in [0, 0.05) is 37.4 Å². The van der Waals surface area contributed by atoms with Crippen LogP contribution in [0, 0.1) is 23.3 Å². The first-order chi connectivity index (χ1) is 12.7. The zero-order valence-corrected chi connectivity index (χ0v) is 16.0. The maximum atomic E-state index is 12.7. The largest absolute Gasteiger partial charge is 0.497 e. The fourth-order valence-electron chi connectivity index (χ4n) is 1.49. The van der Waals surface area contributed by atoms with E-state index in [1.54, 1.807) is 0 Å². The predicted molar refractivity (Wildman–Crippen MR) is 93.7 cm³/mol. The van der Waals surface area contributed by atoms with Gasteiger partial charge in [-0.2, -0.15) is 0 Å². The van der Waals surface area contributed by atoms with Crippen molar-refractivity contribution >= 4 is 29.5 Å². The Morgan fingerprint density at radius 1 is 0.852 bits per heavy atom. The summed E-state index contributed by atoms with van der Waals surface area (Å²) in [4.78, 5) is 10.3. The molecular weight excluding hydrogens is 415 g/mol. The molecule has 0 fully saturated rings. The molecule has 2 rings (SSSR count). The second kappa shape index (κ2) is 13.2. The normalized spacial score (nSPS) is 9.56. The number of halogens is 6. The van der Waals surface area contributed by atoms with Crippen LogP contribution in [-0.4, -0.2) is 32.6 Å². The van der Waals surface area contributed by atoms with Crippen molar-refractivity contribution in [2.24, 2.45) is 0 Å². The summed E-state index contributed by atoms with van der Waals surface area (Å²) >= 11 is 10.0. The van der Waals surface area contributed by atoms with Crippen LogP contribution in [0.4, 0.5) is 17.6 Å². The smallest absolute Gasteiger partial charge is 0.206 e. The topological polar surface area (TPSA) is 44.8 Å². The molecule has 0 atom stereocenters. The summed E-state index contributed by atoms with van der Waals surface area (Å²) in [6.45, 7) is 0. The average Bonchev–Trinajstić information content (AvgIpc) is 2.61. The molecule has 0 N–H and O–H groups in total. The molecule has 0 aliphatic heterocycles. The molecule has 0 spiro atoms. The number of hydrogen-bond donors (Lipinski definition) is 0. The first-order valence-electron chi connectivity index (χ1n) is 6.97. The molecule has 0 saturated heterocycles. The molecule has 0 aliphatic carbocycles. The minimum Gasteiger partial charge on any atom is -0.497 e. The third-order valence-electron chi connectivity index (χ3n) is 2.64. The van der Waals surface area contributed by atoms with E-state index in [4.69, 9.17) is 23.2 Å². The summed E-state index contributed by atoms with van der Waals surface area (Å²) in [6, 6.07) is 4.60. The van der Waals surface area contributed by atoms with Gasteiger partial charge in [0.05, 0.1) is 19.8 Å². The lowest BCUT2D eigenvalue weighted by Crippen LogP contribution is -1.95. The number of methoxy groups -OCH3 is 3. The maximum Gasteiger partial charge on any atom is 0.206 e. The van der Waals surface area contributed by atoms with Crippen molar-refractivity contribution in [2.75, 3.05) is 21.3 Å². The number of ether oxygens (including phenoxy) is 3. The molecule has 0 aliphatic rings. The zero-order valence-electron chi connectivity index (χ0n) is 14.4. The summed E-state index contributed by atoms with van der Waals surface area (Å²) in [5, 5.41) is -0.671. The second-order valence-electron chi connectivity index (χ2n) is 4.43. The number of hydrogen-bond acceptors (Lipinski definition) is 4. The highest BCUT2D eigenvalue weighted by molar-refractivity contribution is 6.43. The van der Waals surface area contributed by atoms with Crippen LogP contribution in [-0.2, 0) is 4.74 Å². The lowest BCUT2D eigenvalue weighted by Gasteiger charge is -2.03. The number of rotatable bonds is 4. The number of aldehydes is 1. The van der Waals surface area contributed by atoms with Crippen LogP contribution < -0.4 is 9.47 Å². The highest BCUT2D eigenvalue weighted by Gasteiger charge is 2.10. The molecule has 0 unspecified atom stereocenters. The Balaban J connectivity index is 0.000000408. The molecule has 0 amide bonds. The van der Waals surface area contributed by atoms with Crippen molar-refractivity contribution in [2.45, 2.75) is 5.02 Å². The van der Waals surface area contributed by atoms with Crippen LogP contribution >= 0.6 is 23.2 Å². The SMILES string of the molecule is COC(Cl)Cl.COc1cc(F)cc(F)c1.COc1cc(F)cc(F)c1C=O. The van der Waals surface area contributed by atoms with Crippen LogP contribution in [0.1, 0.15) is 10.4 Å². The van der Waals surface area contributed by atoms with E-state index in [2.05, 4.69) is 14.2 Å². The van der Waals surface area contributed by atoms with Crippen molar-refractivity contribution in [1.29, 1.82) is 0 Å². The summed E-state index contributed by atoms with van der Waals surface area (Å²) in [7, 11) is 4.03. The Hall–Kier alpha value is -2.03. The zero-order chi connectivity index (χ0) is 21.0. The van der Waals surface area contributed by atoms with Crippen LogP contribution in [0.5, 0.6) is 11.5 Å². The van der Waals surface area contributed by atoms with Crippen molar-refractivity contribution in [3.63, 3.8) is 0 Å². The van der Waals surface area contributed by atoms with E-state index >= 15 is 0 Å². The van der Waals surface area contributed by atoms with Crippen molar-refractivity contribution in [1.82, 2.24) is 0 Å². The average molecular weight is 431 g/mol. The molecule has 10 heteroatoms. The lowest BCUT2D eigenvalue weighted by atomic mass is 10.2. The molecule has 0 saturated carbocycles. The summed E-state index contributed by atoms with van der Waals surface area (Å²) in [6.07, 6.45) is 0.285. The van der Waals surface area contributed by atoms with Gasteiger partial charge in [0.1, 0.15) is 34.8 Å². The van der Waals surface area contributed by atoms with Crippen LogP contribution in [0.2, 0.25) is 0 Å². The third-order valence-corrected chi connectivity index (χ3v) is 3.00. The molecule has 2 aromatic carbocycles. The molecule has 0 aromatic heterocycles. The van der Waals surface area contributed by atoms with Gasteiger partial charge in [0.2, 0.25) is 5.02 Å². The molecule has 150 valence electrons. The van der Waals surface area contributed by atoms with Gasteiger partial charge in [-0.1, -0.05) is 23.2 Å². The molecule has 0 radical (unpaired) electrons. The van der Waals surface area contributed by atoms with E-state index in [0.717, 1.165) is 24.3 Å². The molecule has 2 aromatic rings. The quantitative estimate of drug-likeness (QED) is 0.382. The molecule has 0 bridgehead atoms. The first kappa shape index (κ1) is 25.0. The monoisotopic (exact) mass is 430 g/mol. The minimum absolute atomic E-state index is 0.0949. The highest BCUT2D eigenvalue weighted by Crippen LogP contribution is 2.20. The van der Waals surface area contributed by atoms with E-state index in [1.807, 2.05) is 0 Å². The molecule has 4 nitrogen and oxygen atoms in total. The van der Waals surface area contributed by atoms with Gasteiger partial charge in [0.15, 0.2) is 6.29 Å². The fourth-order valence-corrected chi connectivity index (χ4v) is 1.49.